The SMILES string of the molecule is Cc1cccc(N2C(=O)C(O)=C(C(=O)CC(C)C)C2c2ccco2)c1. The Labute approximate surface area is 146 Å². The van der Waals surface area contributed by atoms with Crippen LogP contribution in [0.15, 0.2) is 58.4 Å². The van der Waals surface area contributed by atoms with Gasteiger partial charge in [0.15, 0.2) is 11.5 Å². The molecule has 0 fully saturated rings. The van der Waals surface area contributed by atoms with Gasteiger partial charge in [-0.25, -0.2) is 0 Å². The average molecular weight is 339 g/mol. The molecule has 0 spiro atoms. The number of nitrogens with zero attached hydrogens (tertiary/aromatic N) is 1. The summed E-state index contributed by atoms with van der Waals surface area (Å²) < 4.78 is 5.49. The fourth-order valence-electron chi connectivity index (χ4n) is 3.13. The van der Waals surface area contributed by atoms with Crippen LogP contribution in [0.1, 0.15) is 37.6 Å². The predicted octanol–water partition coefficient (Wildman–Crippen LogP) is 4.10. The predicted molar refractivity (Wildman–Crippen MR) is 94.2 cm³/mol. The van der Waals surface area contributed by atoms with E-state index < -0.39 is 17.7 Å². The van der Waals surface area contributed by atoms with Gasteiger partial charge in [-0.1, -0.05) is 26.0 Å². The molecule has 2 aromatic rings. The van der Waals surface area contributed by atoms with Crippen molar-refractivity contribution in [1.82, 2.24) is 0 Å². The van der Waals surface area contributed by atoms with Crippen molar-refractivity contribution in [1.29, 1.82) is 0 Å². The molecule has 0 saturated heterocycles. The third kappa shape index (κ3) is 3.09. The second-order valence-electron chi connectivity index (χ2n) is 6.72. The molecule has 1 atom stereocenters. The molecule has 5 heteroatoms. The van der Waals surface area contributed by atoms with Crippen molar-refractivity contribution < 1.29 is 19.1 Å². The molecule has 1 aromatic heterocycles. The molecular formula is C20H21NO4. The first-order valence-electron chi connectivity index (χ1n) is 8.30. The van der Waals surface area contributed by atoms with Crippen LogP contribution < -0.4 is 4.90 Å². The first-order chi connectivity index (χ1) is 11.9. The van der Waals surface area contributed by atoms with Gasteiger partial charge in [-0.05, 0) is 42.7 Å². The van der Waals surface area contributed by atoms with Crippen molar-refractivity contribution in [3.63, 3.8) is 0 Å². The number of hydrogen-bond acceptors (Lipinski definition) is 4. The molecule has 1 aliphatic heterocycles. The number of aliphatic hydroxyl groups is 1. The third-order valence-electron chi connectivity index (χ3n) is 4.19. The molecule has 5 nitrogen and oxygen atoms in total. The zero-order valence-electron chi connectivity index (χ0n) is 14.5. The normalized spacial score (nSPS) is 17.7. The van der Waals surface area contributed by atoms with E-state index in [0.717, 1.165) is 5.56 Å². The minimum Gasteiger partial charge on any atom is -0.503 e. The highest BCUT2D eigenvalue weighted by atomic mass is 16.3. The number of Topliss-reactive ketones (excluding diaryl/α,β-unsaturated/α-hetero) is 1. The summed E-state index contributed by atoms with van der Waals surface area (Å²) in [6.07, 6.45) is 1.75. The lowest BCUT2D eigenvalue weighted by molar-refractivity contribution is -0.118. The van der Waals surface area contributed by atoms with Crippen molar-refractivity contribution in [2.24, 2.45) is 5.92 Å². The molecule has 1 aliphatic rings. The molecule has 3 rings (SSSR count). The summed E-state index contributed by atoms with van der Waals surface area (Å²) >= 11 is 0. The Bertz CT molecular complexity index is 833. The van der Waals surface area contributed by atoms with E-state index >= 15 is 0 Å². The van der Waals surface area contributed by atoms with Crippen LogP contribution in [0.2, 0.25) is 0 Å². The smallest absolute Gasteiger partial charge is 0.294 e. The van der Waals surface area contributed by atoms with Crippen LogP contribution >= 0.6 is 0 Å². The molecule has 1 unspecified atom stereocenters. The number of carbonyl (C=O) groups excluding carboxylic acids is 2. The number of hydrogen-bond donors (Lipinski definition) is 1. The maximum absolute atomic E-state index is 12.7. The van der Waals surface area contributed by atoms with Crippen molar-refractivity contribution >= 4 is 17.4 Å². The van der Waals surface area contributed by atoms with E-state index in [0.29, 0.717) is 11.4 Å². The van der Waals surface area contributed by atoms with E-state index in [1.807, 2.05) is 39.0 Å². The summed E-state index contributed by atoms with van der Waals surface area (Å²) in [4.78, 5) is 26.9. The minimum atomic E-state index is -0.754. The van der Waals surface area contributed by atoms with Gasteiger partial charge in [0.25, 0.3) is 5.91 Å². The Morgan fingerprint density at radius 1 is 1.28 bits per heavy atom. The van der Waals surface area contributed by atoms with Gasteiger partial charge in [-0.3, -0.25) is 14.5 Å². The largest absolute Gasteiger partial charge is 0.503 e. The van der Waals surface area contributed by atoms with Crippen LogP contribution in [0.5, 0.6) is 0 Å². The fraction of sp³-hybridized carbons (Fsp3) is 0.300. The average Bonchev–Trinajstić information content (AvgIpc) is 3.14. The fourth-order valence-corrected chi connectivity index (χ4v) is 3.13. The topological polar surface area (TPSA) is 70.8 Å². The number of furan rings is 1. The van der Waals surface area contributed by atoms with Gasteiger partial charge >= 0.3 is 0 Å². The molecule has 2 heterocycles. The van der Waals surface area contributed by atoms with E-state index in [1.165, 1.54) is 11.2 Å². The van der Waals surface area contributed by atoms with Crippen molar-refractivity contribution in [2.75, 3.05) is 4.90 Å². The molecule has 130 valence electrons. The summed E-state index contributed by atoms with van der Waals surface area (Å²) in [6.45, 7) is 5.77. The summed E-state index contributed by atoms with van der Waals surface area (Å²) in [6, 6.07) is 10.0. The van der Waals surface area contributed by atoms with Gasteiger partial charge in [-0.15, -0.1) is 0 Å². The number of aliphatic hydroxyl groups excluding tert-OH is 1. The number of amides is 1. The number of rotatable bonds is 5. The molecule has 25 heavy (non-hydrogen) atoms. The highest BCUT2D eigenvalue weighted by Crippen LogP contribution is 2.41. The Hall–Kier alpha value is -2.82. The van der Waals surface area contributed by atoms with Gasteiger partial charge in [0.2, 0.25) is 0 Å². The number of ketones is 1. The van der Waals surface area contributed by atoms with E-state index in [4.69, 9.17) is 4.42 Å². The number of carbonyl (C=O) groups is 2. The van der Waals surface area contributed by atoms with Gasteiger partial charge in [0.05, 0.1) is 11.8 Å². The summed E-state index contributed by atoms with van der Waals surface area (Å²) in [5.74, 6) is -0.746. The molecule has 0 saturated carbocycles. The van der Waals surface area contributed by atoms with Crippen molar-refractivity contribution in [3.8, 4) is 0 Å². The van der Waals surface area contributed by atoms with E-state index in [9.17, 15) is 14.7 Å². The second kappa shape index (κ2) is 6.59. The van der Waals surface area contributed by atoms with Gasteiger partial charge in [0.1, 0.15) is 11.8 Å². The summed E-state index contributed by atoms with van der Waals surface area (Å²) in [5, 5.41) is 10.4. The third-order valence-corrected chi connectivity index (χ3v) is 4.19. The van der Waals surface area contributed by atoms with Crippen molar-refractivity contribution in [3.05, 3.63) is 65.3 Å². The van der Waals surface area contributed by atoms with Crippen LogP contribution in [-0.2, 0) is 9.59 Å². The molecule has 0 aliphatic carbocycles. The first kappa shape index (κ1) is 17.0. The lowest BCUT2D eigenvalue weighted by Crippen LogP contribution is -2.31. The Balaban J connectivity index is 2.11. The maximum atomic E-state index is 12.7. The zero-order valence-corrected chi connectivity index (χ0v) is 14.5. The summed E-state index contributed by atoms with van der Waals surface area (Å²) in [7, 11) is 0. The molecular weight excluding hydrogens is 318 g/mol. The molecule has 1 amide bonds. The van der Waals surface area contributed by atoms with E-state index in [2.05, 4.69) is 0 Å². The zero-order chi connectivity index (χ0) is 18.1. The Morgan fingerprint density at radius 3 is 2.64 bits per heavy atom. The highest BCUT2D eigenvalue weighted by molar-refractivity contribution is 6.16. The van der Waals surface area contributed by atoms with Crippen LogP contribution in [0.4, 0.5) is 5.69 Å². The van der Waals surface area contributed by atoms with E-state index in [-0.39, 0.29) is 23.7 Å². The summed E-state index contributed by atoms with van der Waals surface area (Å²) in [5.41, 5.74) is 1.70. The van der Waals surface area contributed by atoms with Gasteiger partial charge < -0.3 is 9.52 Å². The van der Waals surface area contributed by atoms with Crippen molar-refractivity contribution in [2.45, 2.75) is 33.2 Å². The Morgan fingerprint density at radius 2 is 2.04 bits per heavy atom. The molecule has 0 radical (unpaired) electrons. The van der Waals surface area contributed by atoms with Gasteiger partial charge in [0, 0.05) is 12.1 Å². The lowest BCUT2D eigenvalue weighted by atomic mass is 9.95. The highest BCUT2D eigenvalue weighted by Gasteiger charge is 2.45. The van der Waals surface area contributed by atoms with Crippen LogP contribution in [0.25, 0.3) is 0 Å². The molecule has 1 N–H and O–H groups in total. The Kier molecular flexibility index (Phi) is 4.49. The van der Waals surface area contributed by atoms with E-state index in [1.54, 1.807) is 18.2 Å². The first-order valence-corrected chi connectivity index (χ1v) is 8.30. The number of aryl methyl sites for hydroxylation is 1. The van der Waals surface area contributed by atoms with Gasteiger partial charge in [-0.2, -0.15) is 0 Å². The number of benzene rings is 1. The minimum absolute atomic E-state index is 0.107. The number of anilines is 1. The lowest BCUT2D eigenvalue weighted by Gasteiger charge is -2.25. The monoisotopic (exact) mass is 339 g/mol. The second-order valence-corrected chi connectivity index (χ2v) is 6.72. The van der Waals surface area contributed by atoms with Crippen LogP contribution in [-0.4, -0.2) is 16.8 Å². The molecule has 0 bridgehead atoms. The quantitative estimate of drug-likeness (QED) is 0.890. The maximum Gasteiger partial charge on any atom is 0.294 e. The standard InChI is InChI=1S/C20H21NO4/c1-12(2)10-15(22)17-18(16-8-5-9-25-16)21(20(24)19(17)23)14-7-4-6-13(3)11-14/h4-9,11-12,18,23H,10H2,1-3H3. The van der Waals surface area contributed by atoms with Crippen LogP contribution in [0, 0.1) is 12.8 Å². The molecule has 1 aromatic carbocycles. The van der Waals surface area contributed by atoms with Crippen LogP contribution in [0.3, 0.4) is 0 Å².